The van der Waals surface area contributed by atoms with Crippen molar-refractivity contribution in [2.75, 3.05) is 13.2 Å². The van der Waals surface area contributed by atoms with Crippen molar-refractivity contribution in [3.05, 3.63) is 0 Å². The van der Waals surface area contributed by atoms with Crippen molar-refractivity contribution in [1.82, 2.24) is 0 Å². The van der Waals surface area contributed by atoms with Gasteiger partial charge in [-0.1, -0.05) is 0 Å². The number of Topliss-reactive ketones (excluding diaryl/α,β-unsaturated/α-hetero) is 2. The van der Waals surface area contributed by atoms with Crippen LogP contribution in [0, 0.1) is 0 Å². The van der Waals surface area contributed by atoms with Gasteiger partial charge in [0.25, 0.3) is 0 Å². The summed E-state index contributed by atoms with van der Waals surface area (Å²) in [6, 6.07) is 0. The van der Waals surface area contributed by atoms with Gasteiger partial charge in [0.05, 0.1) is 0 Å². The molecular formula is C16H26O10Ti. The van der Waals surface area contributed by atoms with Crippen LogP contribution in [-0.2, 0) is 64.8 Å². The predicted octanol–water partition coefficient (Wildman–Crippen LogP) is 1.08. The van der Waals surface area contributed by atoms with E-state index in [-0.39, 0.29) is 24.4 Å². The van der Waals surface area contributed by atoms with Crippen molar-refractivity contribution >= 4 is 35.4 Å². The average Bonchev–Trinajstić information content (AvgIpc) is 2.45. The third-order valence-corrected chi connectivity index (χ3v) is 2.98. The van der Waals surface area contributed by atoms with Crippen LogP contribution in [0.15, 0.2) is 0 Å². The van der Waals surface area contributed by atoms with Gasteiger partial charge in [-0.3, -0.25) is 28.8 Å². The summed E-state index contributed by atoms with van der Waals surface area (Å²) >= 11 is -0.486. The first kappa shape index (κ1) is 30.0. The molecule has 0 saturated heterocycles. The Morgan fingerprint density at radius 2 is 0.926 bits per heavy atom. The molecule has 0 bridgehead atoms. The van der Waals surface area contributed by atoms with Crippen molar-refractivity contribution in [3.8, 4) is 0 Å². The number of carbonyl (C=O) groups is 6. The summed E-state index contributed by atoms with van der Waals surface area (Å²) in [5.74, 6) is -3.59. The Morgan fingerprint density at radius 3 is 1.11 bits per heavy atom. The van der Waals surface area contributed by atoms with Gasteiger partial charge >= 0.3 is 77.5 Å². The van der Waals surface area contributed by atoms with Gasteiger partial charge < -0.3 is 9.47 Å². The van der Waals surface area contributed by atoms with E-state index in [1.54, 1.807) is 0 Å². The molecule has 0 aliphatic rings. The van der Waals surface area contributed by atoms with Gasteiger partial charge in [-0.05, 0) is 13.8 Å². The fourth-order valence-corrected chi connectivity index (χ4v) is 1.46. The zero-order valence-corrected chi connectivity index (χ0v) is 18.0. The van der Waals surface area contributed by atoms with Gasteiger partial charge in [-0.15, -0.1) is 0 Å². The first-order valence-electron chi connectivity index (χ1n) is 7.86. The SMILES string of the molecule is CC(=O)CC(=O)OC(C)=O.CC(=O)CC(=O)OC(C)=O.CC[O][Ti][O]CC. The maximum atomic E-state index is 10.4. The van der Waals surface area contributed by atoms with Gasteiger partial charge in [0.2, 0.25) is 0 Å². The fourth-order valence-electron chi connectivity index (χ4n) is 0.959. The molecule has 0 fully saturated rings. The van der Waals surface area contributed by atoms with Gasteiger partial charge in [0.15, 0.2) is 0 Å². The number of carbonyl (C=O) groups excluding carboxylic acids is 6. The topological polar surface area (TPSA) is 139 Å². The second-order valence-electron chi connectivity index (χ2n) is 4.64. The summed E-state index contributed by atoms with van der Waals surface area (Å²) in [4.78, 5) is 61.4. The van der Waals surface area contributed by atoms with E-state index >= 15 is 0 Å². The Morgan fingerprint density at radius 1 is 0.630 bits per heavy atom. The Balaban J connectivity index is -0.000000326. The molecule has 0 aromatic rings. The molecule has 0 spiro atoms. The van der Waals surface area contributed by atoms with Crippen molar-refractivity contribution < 1.29 is 64.8 Å². The van der Waals surface area contributed by atoms with Crippen LogP contribution in [0.1, 0.15) is 54.4 Å². The number of ketones is 2. The fraction of sp³-hybridized carbons (Fsp3) is 0.625. The van der Waals surface area contributed by atoms with Gasteiger partial charge in [0, 0.05) is 13.8 Å². The molecule has 0 unspecified atom stereocenters. The number of rotatable bonds is 8. The molecule has 0 rings (SSSR count). The average molecular weight is 426 g/mol. The van der Waals surface area contributed by atoms with Crippen LogP contribution in [-0.4, -0.2) is 48.7 Å². The van der Waals surface area contributed by atoms with E-state index < -0.39 is 43.8 Å². The van der Waals surface area contributed by atoms with Crippen LogP contribution in [0.25, 0.3) is 0 Å². The molecule has 0 heterocycles. The van der Waals surface area contributed by atoms with Gasteiger partial charge in [0.1, 0.15) is 24.4 Å². The van der Waals surface area contributed by atoms with E-state index in [1.165, 1.54) is 13.8 Å². The van der Waals surface area contributed by atoms with E-state index in [4.69, 9.17) is 6.64 Å². The van der Waals surface area contributed by atoms with Crippen LogP contribution in [0.5, 0.6) is 0 Å². The molecular weight excluding hydrogens is 400 g/mol. The van der Waals surface area contributed by atoms with E-state index in [0.29, 0.717) is 0 Å². The molecule has 0 aromatic carbocycles. The number of hydrogen-bond donors (Lipinski definition) is 0. The summed E-state index contributed by atoms with van der Waals surface area (Å²) in [6.45, 7) is 10.3. The zero-order valence-electron chi connectivity index (χ0n) is 16.4. The van der Waals surface area contributed by atoms with Gasteiger partial charge in [-0.2, -0.15) is 0 Å². The van der Waals surface area contributed by atoms with Crippen molar-refractivity contribution in [2.24, 2.45) is 0 Å². The van der Waals surface area contributed by atoms with E-state index in [2.05, 4.69) is 9.47 Å². The standard InChI is InChI=1S/2C6H8O4.2C2H5O.Ti/c2*1-4(7)3-6(9)10-5(2)8;2*1-2-3;/h2*3H2,1-2H3;2*2H2,1H3;/q;;2*-1;+2. The third-order valence-electron chi connectivity index (χ3n) is 1.71. The second-order valence-corrected chi connectivity index (χ2v) is 5.80. The summed E-state index contributed by atoms with van der Waals surface area (Å²) in [7, 11) is 0. The van der Waals surface area contributed by atoms with Crippen molar-refractivity contribution in [3.63, 3.8) is 0 Å². The molecule has 27 heavy (non-hydrogen) atoms. The predicted molar refractivity (Wildman–Crippen MR) is 87.4 cm³/mol. The summed E-state index contributed by atoms with van der Waals surface area (Å²) in [6.07, 6.45) is -0.668. The second kappa shape index (κ2) is 20.6. The first-order valence-corrected chi connectivity index (χ1v) is 9.13. The molecule has 0 atom stereocenters. The molecule has 0 saturated carbocycles. The Hall–Kier alpha value is -1.75. The van der Waals surface area contributed by atoms with E-state index in [1.807, 2.05) is 13.8 Å². The zero-order chi connectivity index (χ0) is 21.8. The maximum absolute atomic E-state index is 10.4. The summed E-state index contributed by atoms with van der Waals surface area (Å²) in [5, 5.41) is 0. The minimum atomic E-state index is -0.792. The minimum absolute atomic E-state index is 0.314. The molecule has 0 aromatic heterocycles. The van der Waals surface area contributed by atoms with Crippen LogP contribution in [0.2, 0.25) is 0 Å². The molecule has 0 radical (unpaired) electrons. The quantitative estimate of drug-likeness (QED) is 0.240. The Labute approximate surface area is 168 Å². The Bertz CT molecular complexity index is 421. The van der Waals surface area contributed by atoms with Crippen molar-refractivity contribution in [1.29, 1.82) is 0 Å². The van der Waals surface area contributed by atoms with Crippen LogP contribution >= 0.6 is 0 Å². The molecule has 0 N–H and O–H groups in total. The Kier molecular flexibility index (Phi) is 22.8. The van der Waals surface area contributed by atoms with E-state index in [0.717, 1.165) is 27.1 Å². The third kappa shape index (κ3) is 36.0. The van der Waals surface area contributed by atoms with Crippen LogP contribution < -0.4 is 0 Å². The molecule has 10 nitrogen and oxygen atoms in total. The number of esters is 4. The molecule has 11 heteroatoms. The van der Waals surface area contributed by atoms with E-state index in [9.17, 15) is 28.8 Å². The number of hydrogen-bond acceptors (Lipinski definition) is 10. The summed E-state index contributed by atoms with van der Waals surface area (Å²) < 4.78 is 18.1. The van der Waals surface area contributed by atoms with Crippen molar-refractivity contribution in [2.45, 2.75) is 54.4 Å². The van der Waals surface area contributed by atoms with Gasteiger partial charge in [-0.25, -0.2) is 0 Å². The first-order chi connectivity index (χ1) is 12.5. The molecule has 0 aliphatic carbocycles. The monoisotopic (exact) mass is 426 g/mol. The molecule has 0 aliphatic heterocycles. The van der Waals surface area contributed by atoms with Crippen LogP contribution in [0.4, 0.5) is 0 Å². The summed E-state index contributed by atoms with van der Waals surface area (Å²) in [5.41, 5.74) is 0. The molecule has 154 valence electrons. The normalized spacial score (nSPS) is 8.67. The number of ether oxygens (including phenoxy) is 2. The van der Waals surface area contributed by atoms with Crippen LogP contribution in [0.3, 0.4) is 0 Å². The molecule has 0 amide bonds.